The molecule has 1 atom stereocenters. The summed E-state index contributed by atoms with van der Waals surface area (Å²) in [5.41, 5.74) is 1.47. The Hall–Kier alpha value is -0.660. The monoisotopic (exact) mass is 236 g/mol. The van der Waals surface area contributed by atoms with Crippen LogP contribution in [0.15, 0.2) is 22.0 Å². The van der Waals surface area contributed by atoms with Gasteiger partial charge in [-0.05, 0) is 30.8 Å². The summed E-state index contributed by atoms with van der Waals surface area (Å²) in [6.07, 6.45) is 12.3. The largest absolute Gasteiger partial charge is 0.181 e. The molecule has 0 saturated heterocycles. The Morgan fingerprint density at radius 1 is 1.18 bits per heavy atom. The van der Waals surface area contributed by atoms with Crippen LogP contribution in [-0.4, -0.2) is 6.04 Å². The molecule has 0 aromatic rings. The molecule has 0 N–H and O–H groups in total. The number of azo groups is 1. The van der Waals surface area contributed by atoms with E-state index in [0.717, 1.165) is 5.92 Å². The quantitative estimate of drug-likeness (QED) is 0.472. The van der Waals surface area contributed by atoms with Crippen LogP contribution in [0.2, 0.25) is 0 Å². The van der Waals surface area contributed by atoms with Crippen LogP contribution >= 0.6 is 0 Å². The lowest BCUT2D eigenvalue weighted by molar-refractivity contribution is 0.508. The highest BCUT2D eigenvalue weighted by molar-refractivity contribution is 5.13. The molecule has 1 aliphatic rings. The topological polar surface area (TPSA) is 24.7 Å². The van der Waals surface area contributed by atoms with Crippen LogP contribution in [0.1, 0.15) is 72.1 Å². The molecule has 1 unspecified atom stereocenters. The molecule has 0 fully saturated rings. The minimum atomic E-state index is 0.416. The van der Waals surface area contributed by atoms with E-state index in [-0.39, 0.29) is 0 Å². The third-order valence-corrected chi connectivity index (χ3v) is 3.44. The van der Waals surface area contributed by atoms with Crippen molar-refractivity contribution >= 4 is 0 Å². The van der Waals surface area contributed by atoms with Crippen molar-refractivity contribution in [2.75, 3.05) is 0 Å². The maximum atomic E-state index is 4.34. The minimum Gasteiger partial charge on any atom is -0.181 e. The Labute approximate surface area is 107 Å². The average Bonchev–Trinajstić information content (AvgIpc) is 2.72. The summed E-state index contributed by atoms with van der Waals surface area (Å²) in [5.74, 6) is 0.833. The van der Waals surface area contributed by atoms with Gasteiger partial charge in [0.25, 0.3) is 0 Å². The second-order valence-corrected chi connectivity index (χ2v) is 5.59. The van der Waals surface area contributed by atoms with Gasteiger partial charge in [-0.25, -0.2) is 0 Å². The molecular formula is C15H28N2. The van der Waals surface area contributed by atoms with Crippen molar-refractivity contribution in [2.45, 2.75) is 78.2 Å². The van der Waals surface area contributed by atoms with Crippen LogP contribution in [0.3, 0.4) is 0 Å². The summed E-state index contributed by atoms with van der Waals surface area (Å²) in [7, 11) is 0. The summed E-state index contributed by atoms with van der Waals surface area (Å²) in [6.45, 7) is 6.85. The van der Waals surface area contributed by atoms with E-state index in [1.807, 2.05) is 6.20 Å². The van der Waals surface area contributed by atoms with Crippen molar-refractivity contribution in [3.63, 3.8) is 0 Å². The van der Waals surface area contributed by atoms with Crippen LogP contribution in [0, 0.1) is 5.92 Å². The summed E-state index contributed by atoms with van der Waals surface area (Å²) < 4.78 is 0. The fourth-order valence-electron chi connectivity index (χ4n) is 2.29. The van der Waals surface area contributed by atoms with Crippen LogP contribution in [0.25, 0.3) is 0 Å². The van der Waals surface area contributed by atoms with Gasteiger partial charge < -0.3 is 0 Å². The van der Waals surface area contributed by atoms with Gasteiger partial charge in [-0.3, -0.25) is 0 Å². The molecule has 0 aliphatic carbocycles. The fourth-order valence-corrected chi connectivity index (χ4v) is 2.29. The van der Waals surface area contributed by atoms with E-state index >= 15 is 0 Å². The first-order valence-electron chi connectivity index (χ1n) is 7.33. The second kappa shape index (κ2) is 8.43. The van der Waals surface area contributed by atoms with Crippen molar-refractivity contribution in [3.05, 3.63) is 11.8 Å². The maximum absolute atomic E-state index is 4.34. The predicted molar refractivity (Wildman–Crippen MR) is 74.2 cm³/mol. The minimum absolute atomic E-state index is 0.416. The second-order valence-electron chi connectivity index (χ2n) is 5.59. The zero-order valence-corrected chi connectivity index (χ0v) is 11.8. The lowest BCUT2D eigenvalue weighted by Crippen LogP contribution is -2.05. The molecule has 0 bridgehead atoms. The summed E-state index contributed by atoms with van der Waals surface area (Å²) >= 11 is 0. The molecule has 0 spiro atoms. The van der Waals surface area contributed by atoms with Crippen molar-refractivity contribution in [1.29, 1.82) is 0 Å². The molecule has 1 rings (SSSR count). The lowest BCUT2D eigenvalue weighted by atomic mass is 9.96. The Kier molecular flexibility index (Phi) is 7.14. The number of unbranched alkanes of at least 4 members (excludes halogenated alkanes) is 3. The third-order valence-electron chi connectivity index (χ3n) is 3.44. The highest BCUT2D eigenvalue weighted by Gasteiger charge is 2.16. The maximum Gasteiger partial charge on any atom is 0.0940 e. The highest BCUT2D eigenvalue weighted by Crippen LogP contribution is 2.25. The van der Waals surface area contributed by atoms with Gasteiger partial charge in [0.15, 0.2) is 0 Å². The van der Waals surface area contributed by atoms with E-state index < -0.39 is 0 Å². The van der Waals surface area contributed by atoms with E-state index in [0.29, 0.717) is 6.04 Å². The third kappa shape index (κ3) is 5.99. The smallest absolute Gasteiger partial charge is 0.0940 e. The molecule has 1 aliphatic heterocycles. The first kappa shape index (κ1) is 14.4. The van der Waals surface area contributed by atoms with Crippen molar-refractivity contribution in [2.24, 2.45) is 16.1 Å². The van der Waals surface area contributed by atoms with E-state index in [4.69, 9.17) is 0 Å². The molecule has 0 saturated carbocycles. The molecule has 17 heavy (non-hydrogen) atoms. The zero-order chi connectivity index (χ0) is 12.5. The summed E-state index contributed by atoms with van der Waals surface area (Å²) in [4.78, 5) is 0. The van der Waals surface area contributed by atoms with Crippen molar-refractivity contribution in [1.82, 2.24) is 0 Å². The molecule has 98 valence electrons. The van der Waals surface area contributed by atoms with E-state index in [1.54, 1.807) is 0 Å². The molecule has 0 radical (unpaired) electrons. The molecule has 0 amide bonds. The standard InChI is InChI=1S/C15H28N2/c1-4-5-6-10-14-12-16-17-15(14)11-8-7-9-13(2)3/h12-13,15H,4-11H2,1-3H3. The van der Waals surface area contributed by atoms with Crippen LogP contribution in [0.5, 0.6) is 0 Å². The summed E-state index contributed by atoms with van der Waals surface area (Å²) in [6, 6.07) is 0.416. The van der Waals surface area contributed by atoms with Gasteiger partial charge in [-0.1, -0.05) is 52.9 Å². The van der Waals surface area contributed by atoms with E-state index in [1.165, 1.54) is 56.9 Å². The predicted octanol–water partition coefficient (Wildman–Crippen LogP) is 5.50. The molecule has 1 heterocycles. The Bertz CT molecular complexity index is 254. The lowest BCUT2D eigenvalue weighted by Gasteiger charge is -2.11. The van der Waals surface area contributed by atoms with Gasteiger partial charge >= 0.3 is 0 Å². The SMILES string of the molecule is CCCCCC1=CN=NC1CCCCC(C)C. The first-order valence-corrected chi connectivity index (χ1v) is 7.33. The van der Waals surface area contributed by atoms with Crippen molar-refractivity contribution < 1.29 is 0 Å². The van der Waals surface area contributed by atoms with Gasteiger partial charge in [-0.2, -0.15) is 10.2 Å². The van der Waals surface area contributed by atoms with Crippen LogP contribution in [-0.2, 0) is 0 Å². The Morgan fingerprint density at radius 2 is 2.00 bits per heavy atom. The highest BCUT2D eigenvalue weighted by atomic mass is 15.1. The number of hydrogen-bond acceptors (Lipinski definition) is 2. The van der Waals surface area contributed by atoms with Gasteiger partial charge in [0.2, 0.25) is 0 Å². The number of rotatable bonds is 9. The van der Waals surface area contributed by atoms with Gasteiger partial charge in [0, 0.05) is 0 Å². The Morgan fingerprint density at radius 3 is 2.71 bits per heavy atom. The number of hydrogen-bond donors (Lipinski definition) is 0. The molecule has 2 heteroatoms. The molecule has 0 aromatic heterocycles. The van der Waals surface area contributed by atoms with Gasteiger partial charge in [-0.15, -0.1) is 0 Å². The fraction of sp³-hybridized carbons (Fsp3) is 0.867. The normalized spacial score (nSPS) is 19.1. The van der Waals surface area contributed by atoms with E-state index in [2.05, 4.69) is 31.0 Å². The van der Waals surface area contributed by atoms with Crippen LogP contribution in [0.4, 0.5) is 0 Å². The zero-order valence-electron chi connectivity index (χ0n) is 11.8. The average molecular weight is 236 g/mol. The summed E-state index contributed by atoms with van der Waals surface area (Å²) in [5, 5.41) is 8.45. The number of nitrogens with zero attached hydrogens (tertiary/aromatic N) is 2. The van der Waals surface area contributed by atoms with E-state index in [9.17, 15) is 0 Å². The van der Waals surface area contributed by atoms with Crippen molar-refractivity contribution in [3.8, 4) is 0 Å². The molecule has 0 aromatic carbocycles. The Balaban J connectivity index is 2.14. The molecular weight excluding hydrogens is 208 g/mol. The van der Waals surface area contributed by atoms with Crippen LogP contribution < -0.4 is 0 Å². The first-order chi connectivity index (χ1) is 8.24. The van der Waals surface area contributed by atoms with Gasteiger partial charge in [0.05, 0.1) is 12.2 Å². The molecule has 2 nitrogen and oxygen atoms in total. The van der Waals surface area contributed by atoms with Gasteiger partial charge in [0.1, 0.15) is 0 Å².